The summed E-state index contributed by atoms with van der Waals surface area (Å²) < 4.78 is 0. The average molecular weight is 316 g/mol. The smallest absolute Gasteiger partial charge is 0.326 e. The quantitative estimate of drug-likeness (QED) is 0.774. The number of thioether (sulfide) groups is 1. The molecule has 0 fully saturated rings. The molecule has 1 amide bonds. The minimum absolute atomic E-state index is 0.236. The maximum Gasteiger partial charge on any atom is 0.326 e. The van der Waals surface area contributed by atoms with Gasteiger partial charge in [-0.25, -0.2) is 4.79 Å². The van der Waals surface area contributed by atoms with Crippen LogP contribution < -0.4 is 5.32 Å². The summed E-state index contributed by atoms with van der Waals surface area (Å²) >= 11 is 7.30. The second-order valence-electron chi connectivity index (χ2n) is 4.37. The van der Waals surface area contributed by atoms with Crippen LogP contribution in [0.2, 0.25) is 5.02 Å². The third kappa shape index (κ3) is 6.30. The van der Waals surface area contributed by atoms with Crippen molar-refractivity contribution in [2.45, 2.75) is 31.6 Å². The molecule has 6 heteroatoms. The van der Waals surface area contributed by atoms with Gasteiger partial charge in [-0.05, 0) is 24.1 Å². The first-order chi connectivity index (χ1) is 9.52. The van der Waals surface area contributed by atoms with Gasteiger partial charge in [-0.1, -0.05) is 37.1 Å². The monoisotopic (exact) mass is 315 g/mol. The van der Waals surface area contributed by atoms with Crippen LogP contribution in [-0.4, -0.2) is 28.8 Å². The lowest BCUT2D eigenvalue weighted by Crippen LogP contribution is -2.41. The molecule has 20 heavy (non-hydrogen) atoms. The Labute approximate surface area is 127 Å². The Kier molecular flexibility index (Phi) is 7.47. The molecule has 0 spiro atoms. The third-order valence-electron chi connectivity index (χ3n) is 2.60. The van der Waals surface area contributed by atoms with E-state index in [2.05, 4.69) is 5.32 Å². The first kappa shape index (κ1) is 16.9. The molecule has 0 bridgehead atoms. The van der Waals surface area contributed by atoms with Crippen LogP contribution >= 0.6 is 23.4 Å². The third-order valence-corrected chi connectivity index (χ3v) is 3.84. The van der Waals surface area contributed by atoms with Gasteiger partial charge in [0.25, 0.3) is 0 Å². The lowest BCUT2D eigenvalue weighted by atomic mass is 10.2. The molecule has 1 unspecified atom stereocenters. The fraction of sp³-hybridized carbons (Fsp3) is 0.429. The van der Waals surface area contributed by atoms with Gasteiger partial charge in [0, 0.05) is 10.8 Å². The molecule has 0 heterocycles. The number of carboxylic acids is 1. The van der Waals surface area contributed by atoms with Gasteiger partial charge in [0.15, 0.2) is 0 Å². The minimum Gasteiger partial charge on any atom is -0.480 e. The lowest BCUT2D eigenvalue weighted by Gasteiger charge is -2.13. The molecule has 1 rings (SSSR count). The van der Waals surface area contributed by atoms with Crippen molar-refractivity contribution in [3.63, 3.8) is 0 Å². The fourth-order valence-electron chi connectivity index (χ4n) is 1.67. The van der Waals surface area contributed by atoms with E-state index in [4.69, 9.17) is 16.7 Å². The van der Waals surface area contributed by atoms with Gasteiger partial charge in [-0.3, -0.25) is 4.79 Å². The normalized spacial score (nSPS) is 11.9. The van der Waals surface area contributed by atoms with Gasteiger partial charge in [0.2, 0.25) is 5.91 Å². The van der Waals surface area contributed by atoms with Gasteiger partial charge in [0.05, 0.1) is 5.75 Å². The highest BCUT2D eigenvalue weighted by Gasteiger charge is 2.18. The van der Waals surface area contributed by atoms with Crippen molar-refractivity contribution in [2.75, 3.05) is 5.75 Å². The van der Waals surface area contributed by atoms with Crippen LogP contribution in [0.15, 0.2) is 24.3 Å². The van der Waals surface area contributed by atoms with Crippen molar-refractivity contribution >= 4 is 35.2 Å². The Hall–Kier alpha value is -1.20. The van der Waals surface area contributed by atoms with Gasteiger partial charge in [-0.2, -0.15) is 0 Å². The predicted molar refractivity (Wildman–Crippen MR) is 82.1 cm³/mol. The van der Waals surface area contributed by atoms with E-state index in [0.29, 0.717) is 23.6 Å². The van der Waals surface area contributed by atoms with Gasteiger partial charge >= 0.3 is 5.97 Å². The number of hydrogen-bond acceptors (Lipinski definition) is 3. The summed E-state index contributed by atoms with van der Waals surface area (Å²) in [5.41, 5.74) is 1.04. The Morgan fingerprint density at radius 3 is 2.80 bits per heavy atom. The number of amides is 1. The Morgan fingerprint density at radius 1 is 1.45 bits per heavy atom. The molecule has 0 aliphatic rings. The molecular weight excluding hydrogens is 298 g/mol. The highest BCUT2D eigenvalue weighted by atomic mass is 35.5. The molecule has 0 aliphatic heterocycles. The summed E-state index contributed by atoms with van der Waals surface area (Å²) in [6.07, 6.45) is 1.16. The van der Waals surface area contributed by atoms with Gasteiger partial charge in [0.1, 0.15) is 6.04 Å². The van der Waals surface area contributed by atoms with E-state index in [0.717, 1.165) is 5.56 Å². The van der Waals surface area contributed by atoms with E-state index >= 15 is 0 Å². The van der Waals surface area contributed by atoms with Crippen LogP contribution in [0.25, 0.3) is 0 Å². The first-order valence-corrected chi connectivity index (χ1v) is 7.90. The molecule has 110 valence electrons. The molecule has 4 nitrogen and oxygen atoms in total. The molecule has 2 N–H and O–H groups in total. The molecule has 0 aliphatic carbocycles. The first-order valence-electron chi connectivity index (χ1n) is 6.37. The van der Waals surface area contributed by atoms with Crippen molar-refractivity contribution in [3.8, 4) is 0 Å². The molecule has 0 saturated heterocycles. The minimum atomic E-state index is -0.986. The Balaban J connectivity index is 2.34. The van der Waals surface area contributed by atoms with Crippen molar-refractivity contribution in [1.82, 2.24) is 5.32 Å². The van der Waals surface area contributed by atoms with E-state index < -0.39 is 12.0 Å². The Bertz CT molecular complexity index is 467. The summed E-state index contributed by atoms with van der Waals surface area (Å²) in [6.45, 7) is 1.88. The van der Waals surface area contributed by atoms with E-state index in [9.17, 15) is 9.59 Å². The summed E-state index contributed by atoms with van der Waals surface area (Å²) in [7, 11) is 0. The summed E-state index contributed by atoms with van der Waals surface area (Å²) in [5, 5.41) is 12.1. The van der Waals surface area contributed by atoms with E-state index in [1.54, 1.807) is 6.07 Å². The van der Waals surface area contributed by atoms with Crippen molar-refractivity contribution in [2.24, 2.45) is 0 Å². The maximum atomic E-state index is 11.7. The molecule has 0 radical (unpaired) electrons. The predicted octanol–water partition coefficient (Wildman–Crippen LogP) is 2.94. The zero-order valence-corrected chi connectivity index (χ0v) is 12.8. The standard InChI is InChI=1S/C14H18ClNO3S/c1-2-4-12(14(18)19)16-13(17)9-20-8-10-5-3-6-11(15)7-10/h3,5-7,12H,2,4,8-9H2,1H3,(H,16,17)(H,18,19). The number of carbonyl (C=O) groups is 2. The van der Waals surface area contributed by atoms with Crippen molar-refractivity contribution in [1.29, 1.82) is 0 Å². The number of carboxylic acid groups (broad SMARTS) is 1. The summed E-state index contributed by atoms with van der Waals surface area (Å²) in [6, 6.07) is 6.65. The average Bonchev–Trinajstić information content (AvgIpc) is 2.38. The second kappa shape index (κ2) is 8.87. The molecule has 1 aromatic carbocycles. The van der Waals surface area contributed by atoms with Crippen LogP contribution in [0, 0.1) is 0 Å². The lowest BCUT2D eigenvalue weighted by molar-refractivity contribution is -0.141. The molecule has 0 saturated carbocycles. The number of benzene rings is 1. The SMILES string of the molecule is CCCC(NC(=O)CSCc1cccc(Cl)c1)C(=O)O. The van der Waals surface area contributed by atoms with Crippen LogP contribution in [0.4, 0.5) is 0 Å². The number of rotatable bonds is 8. The van der Waals surface area contributed by atoms with Crippen molar-refractivity contribution in [3.05, 3.63) is 34.9 Å². The number of aliphatic carboxylic acids is 1. The molecule has 0 aromatic heterocycles. The second-order valence-corrected chi connectivity index (χ2v) is 5.79. The molecule has 1 aromatic rings. The molecule has 1 atom stereocenters. The Morgan fingerprint density at radius 2 is 2.20 bits per heavy atom. The molecular formula is C14H18ClNO3S. The van der Waals surface area contributed by atoms with E-state index in [1.807, 2.05) is 25.1 Å². The number of halogens is 1. The van der Waals surface area contributed by atoms with E-state index in [1.165, 1.54) is 11.8 Å². The van der Waals surface area contributed by atoms with Crippen LogP contribution in [-0.2, 0) is 15.3 Å². The number of carbonyl (C=O) groups excluding carboxylic acids is 1. The summed E-state index contributed by atoms with van der Waals surface area (Å²) in [5.74, 6) is -0.336. The van der Waals surface area contributed by atoms with Crippen molar-refractivity contribution < 1.29 is 14.7 Å². The summed E-state index contributed by atoms with van der Waals surface area (Å²) in [4.78, 5) is 22.6. The van der Waals surface area contributed by atoms with E-state index in [-0.39, 0.29) is 11.7 Å². The van der Waals surface area contributed by atoms with Crippen LogP contribution in [0.1, 0.15) is 25.3 Å². The maximum absolute atomic E-state index is 11.7. The number of hydrogen-bond donors (Lipinski definition) is 2. The largest absolute Gasteiger partial charge is 0.480 e. The van der Waals surface area contributed by atoms with Gasteiger partial charge in [-0.15, -0.1) is 11.8 Å². The zero-order chi connectivity index (χ0) is 15.0. The van der Waals surface area contributed by atoms with Gasteiger partial charge < -0.3 is 10.4 Å². The zero-order valence-electron chi connectivity index (χ0n) is 11.3. The number of nitrogens with one attached hydrogen (secondary N) is 1. The highest BCUT2D eigenvalue weighted by molar-refractivity contribution is 7.99. The van der Waals surface area contributed by atoms with Crippen LogP contribution in [0.3, 0.4) is 0 Å². The van der Waals surface area contributed by atoms with Crippen LogP contribution in [0.5, 0.6) is 0 Å². The highest BCUT2D eigenvalue weighted by Crippen LogP contribution is 2.16. The fourth-order valence-corrected chi connectivity index (χ4v) is 2.67. The topological polar surface area (TPSA) is 66.4 Å².